The van der Waals surface area contributed by atoms with Gasteiger partial charge >= 0.3 is 0 Å². The Morgan fingerprint density at radius 2 is 1.88 bits per heavy atom. The van der Waals surface area contributed by atoms with Crippen molar-refractivity contribution in [2.45, 2.75) is 32.5 Å². The summed E-state index contributed by atoms with van der Waals surface area (Å²) in [6.45, 7) is 4.59. The number of benzene rings is 2. The molecule has 0 fully saturated rings. The van der Waals surface area contributed by atoms with Crippen molar-refractivity contribution < 1.29 is 14.2 Å². The molecule has 0 heterocycles. The summed E-state index contributed by atoms with van der Waals surface area (Å²) in [5.41, 5.74) is 1.08. The molecular weight excluding hydrogens is 397 g/mol. The number of aliphatic hydroxyl groups is 1. The Bertz CT molecular complexity index is 667. The standard InChI is InChI=1S/C18H21BrFNO2.ClH/c1-18(2,12-22)21-10-14-9-15(19)7-8-17(14)23-11-13-5-3-4-6-16(13)20;/h3-9,21-22H,10-12H2,1-2H3;1H. The zero-order valence-electron chi connectivity index (χ0n) is 13.7. The molecule has 3 nitrogen and oxygen atoms in total. The van der Waals surface area contributed by atoms with Crippen LogP contribution in [0, 0.1) is 5.82 Å². The van der Waals surface area contributed by atoms with Gasteiger partial charge in [-0.2, -0.15) is 0 Å². The Hall–Kier alpha value is -1.14. The molecule has 2 aromatic carbocycles. The van der Waals surface area contributed by atoms with Gasteiger partial charge in [-0.1, -0.05) is 34.1 Å². The number of halogens is 3. The van der Waals surface area contributed by atoms with E-state index in [0.29, 0.717) is 17.9 Å². The second-order valence-electron chi connectivity index (χ2n) is 6.03. The maximum absolute atomic E-state index is 13.7. The van der Waals surface area contributed by atoms with E-state index in [1.165, 1.54) is 6.07 Å². The zero-order valence-corrected chi connectivity index (χ0v) is 16.1. The van der Waals surface area contributed by atoms with Gasteiger partial charge < -0.3 is 15.2 Å². The van der Waals surface area contributed by atoms with Crippen molar-refractivity contribution >= 4 is 28.3 Å². The van der Waals surface area contributed by atoms with E-state index in [9.17, 15) is 9.50 Å². The van der Waals surface area contributed by atoms with Crippen molar-refractivity contribution in [3.05, 3.63) is 63.9 Å². The molecule has 6 heteroatoms. The molecule has 0 aliphatic carbocycles. The van der Waals surface area contributed by atoms with Crippen LogP contribution in [0.5, 0.6) is 5.75 Å². The van der Waals surface area contributed by atoms with E-state index in [2.05, 4.69) is 21.2 Å². The van der Waals surface area contributed by atoms with Gasteiger partial charge in [-0.05, 0) is 38.1 Å². The van der Waals surface area contributed by atoms with Crippen LogP contribution in [-0.4, -0.2) is 17.3 Å². The minimum Gasteiger partial charge on any atom is -0.488 e. The van der Waals surface area contributed by atoms with Crippen LogP contribution in [0.25, 0.3) is 0 Å². The van der Waals surface area contributed by atoms with E-state index < -0.39 is 0 Å². The van der Waals surface area contributed by atoms with Gasteiger partial charge in [-0.15, -0.1) is 12.4 Å². The molecule has 0 aromatic heterocycles. The summed E-state index contributed by atoms with van der Waals surface area (Å²) in [5, 5.41) is 12.6. The molecule has 132 valence electrons. The number of nitrogens with one attached hydrogen (secondary N) is 1. The highest BCUT2D eigenvalue weighted by Gasteiger charge is 2.16. The third-order valence-electron chi connectivity index (χ3n) is 3.52. The summed E-state index contributed by atoms with van der Waals surface area (Å²) < 4.78 is 20.4. The summed E-state index contributed by atoms with van der Waals surface area (Å²) in [6.07, 6.45) is 0. The van der Waals surface area contributed by atoms with Gasteiger partial charge in [0.1, 0.15) is 18.2 Å². The monoisotopic (exact) mass is 417 g/mol. The fourth-order valence-electron chi connectivity index (χ4n) is 1.99. The number of rotatable bonds is 7. The lowest BCUT2D eigenvalue weighted by atomic mass is 10.1. The van der Waals surface area contributed by atoms with Crippen LogP contribution >= 0.6 is 28.3 Å². The first-order valence-corrected chi connectivity index (χ1v) is 8.21. The van der Waals surface area contributed by atoms with Gasteiger partial charge in [0.2, 0.25) is 0 Å². The molecule has 0 amide bonds. The quantitative estimate of drug-likeness (QED) is 0.698. The lowest BCUT2D eigenvalue weighted by Crippen LogP contribution is -2.42. The summed E-state index contributed by atoms with van der Waals surface area (Å²) in [7, 11) is 0. The normalized spacial score (nSPS) is 11.0. The molecule has 2 N–H and O–H groups in total. The summed E-state index contributed by atoms with van der Waals surface area (Å²) >= 11 is 3.45. The molecule has 2 rings (SSSR count). The average molecular weight is 419 g/mol. The number of hydrogen-bond acceptors (Lipinski definition) is 3. The highest BCUT2D eigenvalue weighted by atomic mass is 79.9. The SMILES string of the molecule is CC(C)(CO)NCc1cc(Br)ccc1OCc1ccccc1F.Cl. The van der Waals surface area contributed by atoms with Crippen LogP contribution in [-0.2, 0) is 13.2 Å². The van der Waals surface area contributed by atoms with Crippen molar-refractivity contribution in [3.8, 4) is 5.75 Å². The second-order valence-corrected chi connectivity index (χ2v) is 6.94. The molecule has 0 aliphatic heterocycles. The van der Waals surface area contributed by atoms with Crippen LogP contribution in [0.15, 0.2) is 46.9 Å². The van der Waals surface area contributed by atoms with E-state index in [-0.39, 0.29) is 37.0 Å². The average Bonchev–Trinajstić information content (AvgIpc) is 2.53. The number of aliphatic hydroxyl groups excluding tert-OH is 1. The summed E-state index contributed by atoms with van der Waals surface area (Å²) in [4.78, 5) is 0. The Morgan fingerprint density at radius 3 is 2.54 bits per heavy atom. The van der Waals surface area contributed by atoms with Crippen LogP contribution in [0.1, 0.15) is 25.0 Å². The van der Waals surface area contributed by atoms with Crippen molar-refractivity contribution in [1.82, 2.24) is 5.32 Å². The molecule has 0 aliphatic rings. The molecule has 0 unspecified atom stereocenters. The fourth-order valence-corrected chi connectivity index (χ4v) is 2.40. The van der Waals surface area contributed by atoms with E-state index in [0.717, 1.165) is 10.0 Å². The van der Waals surface area contributed by atoms with E-state index in [1.807, 2.05) is 32.0 Å². The Labute approximate surface area is 156 Å². The minimum atomic E-state index is -0.384. The maximum Gasteiger partial charge on any atom is 0.129 e. The highest BCUT2D eigenvalue weighted by molar-refractivity contribution is 9.10. The molecule has 0 radical (unpaired) electrons. The van der Waals surface area contributed by atoms with E-state index >= 15 is 0 Å². The highest BCUT2D eigenvalue weighted by Crippen LogP contribution is 2.25. The van der Waals surface area contributed by atoms with Crippen molar-refractivity contribution in [3.63, 3.8) is 0 Å². The van der Waals surface area contributed by atoms with Gasteiger partial charge in [0, 0.05) is 27.7 Å². The lowest BCUT2D eigenvalue weighted by molar-refractivity contribution is 0.186. The first-order chi connectivity index (χ1) is 10.9. The Kier molecular flexibility index (Phi) is 8.16. The topological polar surface area (TPSA) is 41.5 Å². The zero-order chi connectivity index (χ0) is 16.9. The Morgan fingerprint density at radius 1 is 1.17 bits per heavy atom. The molecule has 0 saturated carbocycles. The van der Waals surface area contributed by atoms with Gasteiger partial charge in [-0.25, -0.2) is 4.39 Å². The largest absolute Gasteiger partial charge is 0.488 e. The molecule has 0 bridgehead atoms. The van der Waals surface area contributed by atoms with Gasteiger partial charge in [-0.3, -0.25) is 0 Å². The molecular formula is C18H22BrClFNO2. The van der Waals surface area contributed by atoms with Crippen molar-refractivity contribution in [2.75, 3.05) is 6.61 Å². The smallest absolute Gasteiger partial charge is 0.129 e. The van der Waals surface area contributed by atoms with Gasteiger partial charge in [0.15, 0.2) is 0 Å². The molecule has 2 aromatic rings. The molecule has 0 atom stereocenters. The van der Waals surface area contributed by atoms with Crippen molar-refractivity contribution in [2.24, 2.45) is 0 Å². The molecule has 0 spiro atoms. The predicted molar refractivity (Wildman–Crippen MR) is 100 cm³/mol. The minimum absolute atomic E-state index is 0. The first kappa shape index (κ1) is 20.9. The van der Waals surface area contributed by atoms with Gasteiger partial charge in [0.05, 0.1) is 6.61 Å². The second kappa shape index (κ2) is 9.37. The van der Waals surface area contributed by atoms with Gasteiger partial charge in [0.25, 0.3) is 0 Å². The predicted octanol–water partition coefficient (Wildman–Crippen LogP) is 4.45. The Balaban J connectivity index is 0.00000288. The summed E-state index contributed by atoms with van der Waals surface area (Å²) in [6, 6.07) is 12.3. The van der Waals surface area contributed by atoms with Crippen LogP contribution in [0.4, 0.5) is 4.39 Å². The first-order valence-electron chi connectivity index (χ1n) is 7.42. The van der Waals surface area contributed by atoms with Crippen LogP contribution in [0.3, 0.4) is 0 Å². The van der Waals surface area contributed by atoms with E-state index in [4.69, 9.17) is 4.74 Å². The van der Waals surface area contributed by atoms with Crippen LogP contribution in [0.2, 0.25) is 0 Å². The molecule has 24 heavy (non-hydrogen) atoms. The third kappa shape index (κ3) is 6.06. The number of ether oxygens (including phenoxy) is 1. The lowest BCUT2D eigenvalue weighted by Gasteiger charge is -2.24. The summed E-state index contributed by atoms with van der Waals surface area (Å²) in [5.74, 6) is 0.420. The van der Waals surface area contributed by atoms with E-state index in [1.54, 1.807) is 18.2 Å². The fraction of sp³-hybridized carbons (Fsp3) is 0.333. The third-order valence-corrected chi connectivity index (χ3v) is 4.01. The maximum atomic E-state index is 13.7. The number of hydrogen-bond donors (Lipinski definition) is 2. The van der Waals surface area contributed by atoms with Crippen molar-refractivity contribution in [1.29, 1.82) is 0 Å². The van der Waals surface area contributed by atoms with Crippen LogP contribution < -0.4 is 10.1 Å². The molecule has 0 saturated heterocycles.